The van der Waals surface area contributed by atoms with Gasteiger partial charge in [0, 0.05) is 65.6 Å². The van der Waals surface area contributed by atoms with E-state index in [0.29, 0.717) is 35.7 Å². The molecule has 4 aromatic heterocycles. The number of thiophene rings is 1. The molecule has 0 bridgehead atoms. The lowest BCUT2D eigenvalue weighted by molar-refractivity contribution is -0.127. The Bertz CT molecular complexity index is 2150. The fourth-order valence-corrected chi connectivity index (χ4v) is 7.05. The van der Waals surface area contributed by atoms with Crippen LogP contribution in [0.3, 0.4) is 0 Å². The molecule has 0 unspecified atom stereocenters. The first kappa shape index (κ1) is 29.8. The van der Waals surface area contributed by atoms with E-state index in [1.165, 1.54) is 30.6 Å². The van der Waals surface area contributed by atoms with Gasteiger partial charge in [-0.3, -0.25) is 14.2 Å². The van der Waals surface area contributed by atoms with Gasteiger partial charge in [0.25, 0.3) is 0 Å². The molecule has 0 N–H and O–H groups in total. The third-order valence-electron chi connectivity index (χ3n) is 8.11. The number of aromatic nitrogens is 5. The summed E-state index contributed by atoms with van der Waals surface area (Å²) in [6.45, 7) is 6.74. The maximum Gasteiger partial charge on any atom is 0.246 e. The number of nitrogens with zero attached hydrogens (tertiary/aromatic N) is 6. The molecule has 0 aliphatic carbocycles. The Morgan fingerprint density at radius 1 is 1.11 bits per heavy atom. The van der Waals surface area contributed by atoms with Gasteiger partial charge in [-0.25, -0.2) is 13.8 Å². The first-order valence-electron chi connectivity index (χ1n) is 14.7. The summed E-state index contributed by atoms with van der Waals surface area (Å²) in [4.78, 5) is 19.5. The molecule has 1 aliphatic heterocycles. The quantitative estimate of drug-likeness (QED) is 0.135. The Kier molecular flexibility index (Phi) is 7.61. The molecule has 2 aromatic carbocycles. The van der Waals surface area contributed by atoms with Crippen LogP contribution in [0.5, 0.6) is 5.75 Å². The highest BCUT2D eigenvalue weighted by atomic mass is 32.1. The van der Waals surface area contributed by atoms with E-state index < -0.39 is 11.6 Å². The van der Waals surface area contributed by atoms with Crippen molar-refractivity contribution < 1.29 is 23.0 Å². The predicted octanol–water partition coefficient (Wildman–Crippen LogP) is 6.77. The summed E-state index contributed by atoms with van der Waals surface area (Å²) >= 11 is 1.43. The van der Waals surface area contributed by atoms with E-state index in [4.69, 9.17) is 19.6 Å². The van der Waals surface area contributed by atoms with Crippen LogP contribution in [0.1, 0.15) is 18.7 Å². The smallest absolute Gasteiger partial charge is 0.246 e. The number of ether oxygens (including phenoxy) is 2. The second-order valence-electron chi connectivity index (χ2n) is 11.3. The number of aryl methyl sites for hydroxylation is 1. The first-order valence-corrected chi connectivity index (χ1v) is 15.6. The molecule has 1 aliphatic rings. The number of amides is 1. The Hall–Kier alpha value is -4.94. The van der Waals surface area contributed by atoms with Crippen LogP contribution in [0.2, 0.25) is 0 Å². The van der Waals surface area contributed by atoms with Crippen molar-refractivity contribution in [2.24, 2.45) is 7.05 Å². The van der Waals surface area contributed by atoms with E-state index >= 15 is 4.39 Å². The first-order chi connectivity index (χ1) is 22.2. The van der Waals surface area contributed by atoms with Gasteiger partial charge in [0.15, 0.2) is 0 Å². The number of rotatable bonds is 8. The molecular weight excluding hydrogens is 610 g/mol. The van der Waals surface area contributed by atoms with Crippen LogP contribution in [0.4, 0.5) is 8.78 Å². The third kappa shape index (κ3) is 5.13. The minimum atomic E-state index is -0.783. The Balaban J connectivity index is 1.50. The highest BCUT2D eigenvalue weighted by Crippen LogP contribution is 2.47. The van der Waals surface area contributed by atoms with Gasteiger partial charge < -0.3 is 14.4 Å². The zero-order valence-electron chi connectivity index (χ0n) is 25.5. The van der Waals surface area contributed by atoms with Crippen molar-refractivity contribution >= 4 is 38.2 Å². The highest BCUT2D eigenvalue weighted by Gasteiger charge is 2.30. The van der Waals surface area contributed by atoms with Crippen molar-refractivity contribution in [2.45, 2.75) is 19.5 Å². The lowest BCUT2D eigenvalue weighted by Crippen LogP contribution is -2.39. The molecule has 234 valence electrons. The zero-order chi connectivity index (χ0) is 32.1. The Morgan fingerprint density at radius 2 is 1.96 bits per heavy atom. The molecule has 9 nitrogen and oxygen atoms in total. The Morgan fingerprint density at radius 3 is 2.76 bits per heavy atom. The van der Waals surface area contributed by atoms with Crippen molar-refractivity contribution in [3.8, 4) is 39.5 Å². The summed E-state index contributed by atoms with van der Waals surface area (Å²) < 4.78 is 46.1. The largest absolute Gasteiger partial charge is 0.490 e. The molecule has 0 spiro atoms. The third-order valence-corrected chi connectivity index (χ3v) is 9.04. The zero-order valence-corrected chi connectivity index (χ0v) is 26.3. The van der Waals surface area contributed by atoms with Crippen LogP contribution in [-0.4, -0.2) is 62.2 Å². The van der Waals surface area contributed by atoms with E-state index in [2.05, 4.69) is 11.7 Å². The maximum absolute atomic E-state index is 16.0. The molecule has 6 aromatic rings. The second-order valence-corrected chi connectivity index (χ2v) is 12.2. The molecular formula is C34H30F2N6O3S. The predicted molar refractivity (Wildman–Crippen MR) is 174 cm³/mol. The van der Waals surface area contributed by atoms with E-state index in [0.717, 1.165) is 38.3 Å². The number of pyridine rings is 1. The molecule has 0 saturated heterocycles. The molecule has 7 rings (SSSR count). The van der Waals surface area contributed by atoms with E-state index in [1.807, 2.05) is 60.6 Å². The van der Waals surface area contributed by atoms with Crippen LogP contribution in [-0.2, 0) is 23.1 Å². The van der Waals surface area contributed by atoms with E-state index in [-0.39, 0.29) is 36.5 Å². The normalized spacial score (nSPS) is 14.6. The average Bonchev–Trinajstić information content (AvgIpc) is 3.78. The van der Waals surface area contributed by atoms with Gasteiger partial charge >= 0.3 is 0 Å². The molecule has 1 atom stereocenters. The SMILES string of the molecule is C=CC(=O)N1Cc2cc(-c3nc(-c4ccc5nn(C)cc5c4)c4ccsc4c3-c3c(F)cc(F)cc3OCCOC)nn2[C@@H](C)C1. The number of hydrogen-bond donors (Lipinski definition) is 0. The molecule has 5 heterocycles. The van der Waals surface area contributed by atoms with Crippen LogP contribution >= 0.6 is 11.3 Å². The van der Waals surface area contributed by atoms with Crippen LogP contribution in [0.25, 0.3) is 54.8 Å². The van der Waals surface area contributed by atoms with Crippen molar-refractivity contribution in [1.82, 2.24) is 29.4 Å². The number of carbonyl (C=O) groups excluding carboxylic acids is 1. The molecule has 0 radical (unpaired) electrons. The van der Waals surface area contributed by atoms with Crippen molar-refractivity contribution in [3.05, 3.63) is 84.0 Å². The monoisotopic (exact) mass is 640 g/mol. The highest BCUT2D eigenvalue weighted by molar-refractivity contribution is 7.18. The Labute approximate surface area is 267 Å². The number of fused-ring (bicyclic) bond motifs is 3. The molecule has 12 heteroatoms. The van der Waals surface area contributed by atoms with Crippen molar-refractivity contribution in [1.29, 1.82) is 0 Å². The van der Waals surface area contributed by atoms with Gasteiger partial charge in [0.05, 0.1) is 41.7 Å². The fraction of sp³-hybridized carbons (Fsp3) is 0.235. The van der Waals surface area contributed by atoms with Gasteiger partial charge in [0.1, 0.15) is 35.4 Å². The van der Waals surface area contributed by atoms with Crippen molar-refractivity contribution in [3.63, 3.8) is 0 Å². The summed E-state index contributed by atoms with van der Waals surface area (Å²) in [5, 5.41) is 13.1. The summed E-state index contributed by atoms with van der Waals surface area (Å²) in [5.41, 5.74) is 4.64. The number of methoxy groups -OCH3 is 1. The summed E-state index contributed by atoms with van der Waals surface area (Å²) in [7, 11) is 3.40. The lowest BCUT2D eigenvalue weighted by Gasteiger charge is -2.31. The molecule has 46 heavy (non-hydrogen) atoms. The lowest BCUT2D eigenvalue weighted by atomic mass is 9.96. The van der Waals surface area contributed by atoms with Gasteiger partial charge in [-0.15, -0.1) is 11.3 Å². The summed E-state index contributed by atoms with van der Waals surface area (Å²) in [6.07, 6.45) is 3.25. The topological polar surface area (TPSA) is 87.3 Å². The maximum atomic E-state index is 16.0. The number of carbonyl (C=O) groups is 1. The van der Waals surface area contributed by atoms with Gasteiger partial charge in [-0.1, -0.05) is 12.6 Å². The summed E-state index contributed by atoms with van der Waals surface area (Å²) in [6, 6.07) is 11.7. The van der Waals surface area contributed by atoms with Crippen LogP contribution in [0, 0.1) is 11.6 Å². The number of benzene rings is 2. The second kappa shape index (κ2) is 11.8. The van der Waals surface area contributed by atoms with Crippen molar-refractivity contribution in [2.75, 3.05) is 26.9 Å². The minimum absolute atomic E-state index is 0.0388. The summed E-state index contributed by atoms with van der Waals surface area (Å²) in [5.74, 6) is -1.67. The van der Waals surface area contributed by atoms with Gasteiger partial charge in [-0.05, 0) is 42.6 Å². The van der Waals surface area contributed by atoms with Gasteiger partial charge in [-0.2, -0.15) is 10.2 Å². The van der Waals surface area contributed by atoms with E-state index in [1.54, 1.807) is 9.58 Å². The molecule has 0 saturated carbocycles. The van der Waals surface area contributed by atoms with E-state index in [9.17, 15) is 9.18 Å². The molecule has 1 amide bonds. The van der Waals surface area contributed by atoms with Crippen LogP contribution in [0.15, 0.2) is 66.7 Å². The fourth-order valence-electron chi connectivity index (χ4n) is 6.10. The average molecular weight is 641 g/mol. The number of hydrogen-bond acceptors (Lipinski definition) is 7. The number of halogens is 2. The standard InChI is InChI=1S/C34H30F2N6O3S/c1-5-29(43)41-16-19(2)42-23(18-41)15-27(39-42)33-31(30-25(36)13-22(35)14-28(30)45-10-9-44-4)34-24(8-11-46-34)32(37-33)20-6-7-26-21(12-20)17-40(3)38-26/h5-8,11-15,17,19H,1,9-10,16,18H2,2-4H3/t19-/m0/s1. The van der Waals surface area contributed by atoms with Gasteiger partial charge in [0.2, 0.25) is 5.91 Å². The molecule has 0 fully saturated rings. The van der Waals surface area contributed by atoms with Crippen LogP contribution < -0.4 is 4.74 Å². The minimum Gasteiger partial charge on any atom is -0.490 e.